The van der Waals surface area contributed by atoms with Gasteiger partial charge in [0.2, 0.25) is 0 Å². The van der Waals surface area contributed by atoms with Gasteiger partial charge in [-0.2, -0.15) is 0 Å². The van der Waals surface area contributed by atoms with E-state index in [2.05, 4.69) is 29.6 Å². The van der Waals surface area contributed by atoms with Crippen LogP contribution in [-0.4, -0.2) is 0 Å². The summed E-state index contributed by atoms with van der Waals surface area (Å²) in [7, 11) is 0. The van der Waals surface area contributed by atoms with E-state index >= 15 is 0 Å². The molecule has 2 nitrogen and oxygen atoms in total. The van der Waals surface area contributed by atoms with Crippen LogP contribution in [0.5, 0.6) is 0 Å². The highest BCUT2D eigenvalue weighted by molar-refractivity contribution is 7.17. The predicted molar refractivity (Wildman–Crippen MR) is 71.2 cm³/mol. The molecule has 2 heterocycles. The van der Waals surface area contributed by atoms with Crippen molar-refractivity contribution < 1.29 is 4.42 Å². The molecular formula is C14H13NOS. The lowest BCUT2D eigenvalue weighted by Crippen LogP contribution is -2.12. The molecular weight excluding hydrogens is 230 g/mol. The number of nitrogens with two attached hydrogens (primary N) is 1. The second kappa shape index (κ2) is 4.35. The zero-order chi connectivity index (χ0) is 11.7. The molecule has 0 aliphatic carbocycles. The van der Waals surface area contributed by atoms with E-state index in [1.807, 2.05) is 6.07 Å². The topological polar surface area (TPSA) is 39.2 Å². The van der Waals surface area contributed by atoms with Crippen molar-refractivity contribution in [3.05, 3.63) is 59.4 Å². The van der Waals surface area contributed by atoms with Gasteiger partial charge in [-0.25, -0.2) is 0 Å². The molecule has 1 unspecified atom stereocenters. The first-order chi connectivity index (χ1) is 8.34. The minimum absolute atomic E-state index is 0.0312. The maximum absolute atomic E-state index is 6.26. The molecule has 86 valence electrons. The Hall–Kier alpha value is -1.58. The molecule has 0 radical (unpaired) electrons. The molecule has 3 rings (SSSR count). The van der Waals surface area contributed by atoms with Gasteiger partial charge in [-0.15, -0.1) is 11.3 Å². The Morgan fingerprint density at radius 3 is 2.94 bits per heavy atom. The Kier molecular flexibility index (Phi) is 2.71. The fraction of sp³-hybridized carbons (Fsp3) is 0.143. The molecule has 0 fully saturated rings. The molecule has 3 aromatic rings. The summed E-state index contributed by atoms with van der Waals surface area (Å²) in [5.41, 5.74) is 8.64. The fourth-order valence-corrected chi connectivity index (χ4v) is 3.08. The molecule has 0 spiro atoms. The van der Waals surface area contributed by atoms with Crippen LogP contribution in [0.15, 0.2) is 52.7 Å². The third kappa shape index (κ3) is 1.99. The van der Waals surface area contributed by atoms with Crippen LogP contribution >= 0.6 is 11.3 Å². The molecule has 3 heteroatoms. The maximum atomic E-state index is 6.26. The largest absolute Gasteiger partial charge is 0.472 e. The third-order valence-electron chi connectivity index (χ3n) is 2.95. The first kappa shape index (κ1) is 10.6. The van der Waals surface area contributed by atoms with Crippen molar-refractivity contribution in [3.63, 3.8) is 0 Å². The van der Waals surface area contributed by atoms with E-state index < -0.39 is 0 Å². The Balaban J connectivity index is 1.93. The molecule has 0 aliphatic rings. The van der Waals surface area contributed by atoms with Crippen LogP contribution in [0.4, 0.5) is 0 Å². The fourth-order valence-electron chi connectivity index (χ4n) is 2.06. The van der Waals surface area contributed by atoms with Gasteiger partial charge in [0.25, 0.3) is 0 Å². The smallest absolute Gasteiger partial charge is 0.0935 e. The van der Waals surface area contributed by atoms with Crippen LogP contribution in [0, 0.1) is 0 Å². The average molecular weight is 243 g/mol. The molecule has 0 amide bonds. The molecule has 1 atom stereocenters. The quantitative estimate of drug-likeness (QED) is 0.761. The van der Waals surface area contributed by atoms with Crippen molar-refractivity contribution in [2.45, 2.75) is 12.5 Å². The van der Waals surface area contributed by atoms with Crippen LogP contribution in [0.2, 0.25) is 0 Å². The van der Waals surface area contributed by atoms with Gasteiger partial charge in [-0.3, -0.25) is 0 Å². The summed E-state index contributed by atoms with van der Waals surface area (Å²) in [6.45, 7) is 0. The number of furan rings is 1. The van der Waals surface area contributed by atoms with Crippen LogP contribution in [0.25, 0.3) is 10.1 Å². The first-order valence-corrected chi connectivity index (χ1v) is 6.45. The first-order valence-electron chi connectivity index (χ1n) is 5.57. The van der Waals surface area contributed by atoms with E-state index in [1.54, 1.807) is 23.9 Å². The summed E-state index contributed by atoms with van der Waals surface area (Å²) in [4.78, 5) is 0. The summed E-state index contributed by atoms with van der Waals surface area (Å²) in [5.74, 6) is 0. The summed E-state index contributed by atoms with van der Waals surface area (Å²) in [5, 5.41) is 3.43. The van der Waals surface area contributed by atoms with Crippen molar-refractivity contribution in [3.8, 4) is 0 Å². The van der Waals surface area contributed by atoms with Gasteiger partial charge in [0.05, 0.1) is 12.5 Å². The number of benzene rings is 1. The number of hydrogen-bond donors (Lipinski definition) is 1. The van der Waals surface area contributed by atoms with Gasteiger partial charge in [0.15, 0.2) is 0 Å². The maximum Gasteiger partial charge on any atom is 0.0935 e. The number of fused-ring (bicyclic) bond motifs is 1. The van der Waals surface area contributed by atoms with E-state index in [-0.39, 0.29) is 6.04 Å². The molecule has 0 bridgehead atoms. The van der Waals surface area contributed by atoms with Crippen molar-refractivity contribution in [2.75, 3.05) is 0 Å². The van der Waals surface area contributed by atoms with E-state index in [0.29, 0.717) is 0 Å². The van der Waals surface area contributed by atoms with Crippen molar-refractivity contribution >= 4 is 21.4 Å². The molecule has 0 aliphatic heterocycles. The summed E-state index contributed by atoms with van der Waals surface area (Å²) >= 11 is 1.75. The number of rotatable bonds is 3. The SMILES string of the molecule is NC(Cc1ccoc1)c1csc2ccccc12. The lowest BCUT2D eigenvalue weighted by atomic mass is 10.0. The molecule has 0 saturated carbocycles. The highest BCUT2D eigenvalue weighted by Gasteiger charge is 2.12. The monoisotopic (exact) mass is 243 g/mol. The molecule has 17 heavy (non-hydrogen) atoms. The second-order valence-corrected chi connectivity index (χ2v) is 5.04. The summed E-state index contributed by atoms with van der Waals surface area (Å²) in [6.07, 6.45) is 4.26. The lowest BCUT2D eigenvalue weighted by Gasteiger charge is -2.09. The van der Waals surface area contributed by atoms with Gasteiger partial charge in [-0.1, -0.05) is 18.2 Å². The highest BCUT2D eigenvalue weighted by Crippen LogP contribution is 2.30. The van der Waals surface area contributed by atoms with Gasteiger partial charge < -0.3 is 10.2 Å². The van der Waals surface area contributed by atoms with Gasteiger partial charge >= 0.3 is 0 Å². The third-order valence-corrected chi connectivity index (χ3v) is 3.93. The standard InChI is InChI=1S/C14H13NOS/c15-13(7-10-5-6-16-8-10)12-9-17-14-4-2-1-3-11(12)14/h1-6,8-9,13H,7,15H2. The molecule has 2 aromatic heterocycles. The Morgan fingerprint density at radius 1 is 1.24 bits per heavy atom. The summed E-state index contributed by atoms with van der Waals surface area (Å²) in [6, 6.07) is 10.4. The highest BCUT2D eigenvalue weighted by atomic mass is 32.1. The Labute approximate surface area is 104 Å². The number of hydrogen-bond acceptors (Lipinski definition) is 3. The van der Waals surface area contributed by atoms with Crippen LogP contribution < -0.4 is 5.73 Å². The van der Waals surface area contributed by atoms with E-state index in [4.69, 9.17) is 10.2 Å². The molecule has 0 saturated heterocycles. The number of thiophene rings is 1. The van der Waals surface area contributed by atoms with Crippen molar-refractivity contribution in [2.24, 2.45) is 5.73 Å². The minimum Gasteiger partial charge on any atom is -0.472 e. The molecule has 1 aromatic carbocycles. The van der Waals surface area contributed by atoms with E-state index in [9.17, 15) is 0 Å². The Bertz CT molecular complexity index is 612. The lowest BCUT2D eigenvalue weighted by molar-refractivity contribution is 0.561. The van der Waals surface area contributed by atoms with E-state index in [1.165, 1.54) is 15.6 Å². The van der Waals surface area contributed by atoms with Gasteiger partial charge in [0, 0.05) is 10.7 Å². The van der Waals surface area contributed by atoms with E-state index in [0.717, 1.165) is 12.0 Å². The molecule has 2 N–H and O–H groups in total. The summed E-state index contributed by atoms with van der Waals surface area (Å²) < 4.78 is 6.36. The zero-order valence-electron chi connectivity index (χ0n) is 9.30. The zero-order valence-corrected chi connectivity index (χ0v) is 10.1. The van der Waals surface area contributed by atoms with Crippen molar-refractivity contribution in [1.29, 1.82) is 0 Å². The minimum atomic E-state index is 0.0312. The predicted octanol–water partition coefficient (Wildman–Crippen LogP) is 3.74. The Morgan fingerprint density at radius 2 is 2.12 bits per heavy atom. The van der Waals surface area contributed by atoms with Gasteiger partial charge in [-0.05, 0) is 40.4 Å². The van der Waals surface area contributed by atoms with Crippen LogP contribution in [-0.2, 0) is 6.42 Å². The van der Waals surface area contributed by atoms with Crippen molar-refractivity contribution in [1.82, 2.24) is 0 Å². The normalized spacial score (nSPS) is 13.0. The van der Waals surface area contributed by atoms with Crippen LogP contribution in [0.1, 0.15) is 17.2 Å². The van der Waals surface area contributed by atoms with Crippen LogP contribution in [0.3, 0.4) is 0 Å². The van der Waals surface area contributed by atoms with Gasteiger partial charge in [0.1, 0.15) is 0 Å². The second-order valence-electron chi connectivity index (χ2n) is 4.13. The average Bonchev–Trinajstić information content (AvgIpc) is 2.96.